The normalized spacial score (nSPS) is 18.3. The van der Waals surface area contributed by atoms with E-state index >= 15 is 0 Å². The summed E-state index contributed by atoms with van der Waals surface area (Å²) in [6.45, 7) is -0.174. The van der Waals surface area contributed by atoms with Gasteiger partial charge in [-0.1, -0.05) is 19.3 Å². The van der Waals surface area contributed by atoms with Crippen molar-refractivity contribution in [1.82, 2.24) is 0 Å². The molecule has 0 unspecified atom stereocenters. The SMILES string of the molecule is OCc1ccc(C2(c3ccc(CO)o3)CCCCC2)o1. The standard InChI is InChI=1S/C16H20O4/c17-10-12-4-6-14(19-12)16(8-2-1-3-9-16)15-7-5-13(11-18)20-15/h4-7,17-18H,1-3,8-11H2. The zero-order valence-corrected chi connectivity index (χ0v) is 11.5. The number of aliphatic hydroxyl groups is 2. The maximum atomic E-state index is 9.20. The Morgan fingerprint density at radius 3 is 1.70 bits per heavy atom. The largest absolute Gasteiger partial charge is 0.463 e. The molecule has 0 amide bonds. The topological polar surface area (TPSA) is 66.7 Å². The zero-order chi connectivity index (χ0) is 14.0. The predicted molar refractivity (Wildman–Crippen MR) is 73.1 cm³/mol. The van der Waals surface area contributed by atoms with Gasteiger partial charge in [-0.15, -0.1) is 0 Å². The quantitative estimate of drug-likeness (QED) is 0.900. The first kappa shape index (κ1) is 13.5. The molecule has 1 aliphatic carbocycles. The van der Waals surface area contributed by atoms with Crippen molar-refractivity contribution in [1.29, 1.82) is 0 Å². The Bertz CT molecular complexity index is 516. The van der Waals surface area contributed by atoms with E-state index in [1.54, 1.807) is 0 Å². The Hall–Kier alpha value is -1.52. The average Bonchev–Trinajstić information content (AvgIpc) is 3.17. The fraction of sp³-hybridized carbons (Fsp3) is 0.500. The lowest BCUT2D eigenvalue weighted by Gasteiger charge is -2.33. The van der Waals surface area contributed by atoms with Crippen LogP contribution in [0.2, 0.25) is 0 Å². The van der Waals surface area contributed by atoms with Crippen LogP contribution in [-0.2, 0) is 18.6 Å². The summed E-state index contributed by atoms with van der Waals surface area (Å²) in [6, 6.07) is 7.53. The van der Waals surface area contributed by atoms with Crippen LogP contribution in [0.1, 0.15) is 55.1 Å². The molecule has 108 valence electrons. The molecule has 0 spiro atoms. The molecule has 2 aromatic heterocycles. The van der Waals surface area contributed by atoms with Crippen molar-refractivity contribution in [3.05, 3.63) is 47.3 Å². The molecule has 0 bridgehead atoms. The van der Waals surface area contributed by atoms with Crippen LogP contribution in [-0.4, -0.2) is 10.2 Å². The molecule has 0 aromatic carbocycles. The highest BCUT2D eigenvalue weighted by Crippen LogP contribution is 2.46. The van der Waals surface area contributed by atoms with E-state index in [0.717, 1.165) is 37.2 Å². The molecule has 4 nitrogen and oxygen atoms in total. The molecular formula is C16H20O4. The number of aliphatic hydroxyl groups excluding tert-OH is 2. The van der Waals surface area contributed by atoms with Crippen LogP contribution in [0, 0.1) is 0 Å². The van der Waals surface area contributed by atoms with Crippen LogP contribution in [0.3, 0.4) is 0 Å². The second-order valence-corrected chi connectivity index (χ2v) is 5.49. The minimum atomic E-state index is -0.251. The third-order valence-electron chi connectivity index (χ3n) is 4.29. The van der Waals surface area contributed by atoms with E-state index in [1.165, 1.54) is 6.42 Å². The van der Waals surface area contributed by atoms with Crippen molar-refractivity contribution in [2.24, 2.45) is 0 Å². The Morgan fingerprint density at radius 1 is 0.800 bits per heavy atom. The number of rotatable bonds is 4. The molecule has 2 aromatic rings. The van der Waals surface area contributed by atoms with E-state index in [1.807, 2.05) is 24.3 Å². The van der Waals surface area contributed by atoms with Gasteiger partial charge in [-0.25, -0.2) is 0 Å². The molecule has 1 saturated carbocycles. The highest BCUT2D eigenvalue weighted by atomic mass is 16.4. The first-order valence-electron chi connectivity index (χ1n) is 7.18. The van der Waals surface area contributed by atoms with Crippen LogP contribution < -0.4 is 0 Å². The second kappa shape index (κ2) is 5.46. The van der Waals surface area contributed by atoms with Crippen LogP contribution in [0.15, 0.2) is 33.1 Å². The van der Waals surface area contributed by atoms with Gasteiger partial charge in [-0.2, -0.15) is 0 Å². The van der Waals surface area contributed by atoms with Crippen LogP contribution >= 0.6 is 0 Å². The Morgan fingerprint density at radius 2 is 1.30 bits per heavy atom. The van der Waals surface area contributed by atoms with Crippen molar-refractivity contribution in [3.8, 4) is 0 Å². The molecule has 0 atom stereocenters. The molecule has 1 aliphatic rings. The minimum Gasteiger partial charge on any atom is -0.463 e. The van der Waals surface area contributed by atoms with E-state index in [4.69, 9.17) is 8.83 Å². The van der Waals surface area contributed by atoms with E-state index in [2.05, 4.69) is 0 Å². The van der Waals surface area contributed by atoms with Gasteiger partial charge >= 0.3 is 0 Å². The number of furan rings is 2. The van der Waals surface area contributed by atoms with Gasteiger partial charge in [-0.05, 0) is 37.1 Å². The molecule has 0 radical (unpaired) electrons. The van der Waals surface area contributed by atoms with Crippen molar-refractivity contribution < 1.29 is 19.0 Å². The molecule has 0 saturated heterocycles. The third kappa shape index (κ3) is 2.19. The van der Waals surface area contributed by atoms with Gasteiger partial charge in [0.1, 0.15) is 36.3 Å². The predicted octanol–water partition coefficient (Wildman–Crippen LogP) is 3.11. The van der Waals surface area contributed by atoms with Gasteiger partial charge in [0.15, 0.2) is 0 Å². The summed E-state index contributed by atoms with van der Waals surface area (Å²) in [5.41, 5.74) is -0.251. The maximum absolute atomic E-state index is 9.20. The molecule has 2 heterocycles. The van der Waals surface area contributed by atoms with Crippen molar-refractivity contribution >= 4 is 0 Å². The minimum absolute atomic E-state index is 0.0872. The third-order valence-corrected chi connectivity index (χ3v) is 4.29. The lowest BCUT2D eigenvalue weighted by molar-refractivity contribution is 0.200. The van der Waals surface area contributed by atoms with Crippen molar-refractivity contribution in [2.75, 3.05) is 0 Å². The lowest BCUT2D eigenvalue weighted by Crippen LogP contribution is -2.29. The van der Waals surface area contributed by atoms with Crippen molar-refractivity contribution in [3.63, 3.8) is 0 Å². The summed E-state index contributed by atoms with van der Waals surface area (Å²) >= 11 is 0. The monoisotopic (exact) mass is 276 g/mol. The molecule has 2 N–H and O–H groups in total. The van der Waals surface area contributed by atoms with E-state index in [9.17, 15) is 10.2 Å². The smallest absolute Gasteiger partial charge is 0.129 e. The van der Waals surface area contributed by atoms with E-state index < -0.39 is 0 Å². The van der Waals surface area contributed by atoms with Crippen LogP contribution in [0.4, 0.5) is 0 Å². The van der Waals surface area contributed by atoms with Crippen LogP contribution in [0.5, 0.6) is 0 Å². The van der Waals surface area contributed by atoms with E-state index in [-0.39, 0.29) is 18.6 Å². The number of hydrogen-bond donors (Lipinski definition) is 2. The molecule has 0 aliphatic heterocycles. The summed E-state index contributed by atoms with van der Waals surface area (Å²) in [5, 5.41) is 18.4. The van der Waals surface area contributed by atoms with Gasteiger partial charge < -0.3 is 19.0 Å². The summed E-state index contributed by atoms with van der Waals surface area (Å²) in [5.74, 6) is 2.89. The van der Waals surface area contributed by atoms with Gasteiger partial charge in [0.25, 0.3) is 0 Å². The molecule has 20 heavy (non-hydrogen) atoms. The Labute approximate surface area is 118 Å². The summed E-state index contributed by atoms with van der Waals surface area (Å²) in [4.78, 5) is 0. The zero-order valence-electron chi connectivity index (χ0n) is 11.5. The van der Waals surface area contributed by atoms with Gasteiger partial charge in [-0.3, -0.25) is 0 Å². The number of hydrogen-bond acceptors (Lipinski definition) is 4. The van der Waals surface area contributed by atoms with Crippen molar-refractivity contribution in [2.45, 2.75) is 50.7 Å². The summed E-state index contributed by atoms with van der Waals surface area (Å²) < 4.78 is 11.6. The maximum Gasteiger partial charge on any atom is 0.129 e. The molecule has 1 fully saturated rings. The van der Waals surface area contributed by atoms with Crippen LogP contribution in [0.25, 0.3) is 0 Å². The van der Waals surface area contributed by atoms with E-state index in [0.29, 0.717) is 11.5 Å². The lowest BCUT2D eigenvalue weighted by atomic mass is 9.70. The second-order valence-electron chi connectivity index (χ2n) is 5.49. The fourth-order valence-corrected chi connectivity index (χ4v) is 3.21. The molecule has 4 heteroatoms. The van der Waals surface area contributed by atoms with Gasteiger partial charge in [0.05, 0.1) is 5.41 Å². The first-order chi connectivity index (χ1) is 9.78. The van der Waals surface area contributed by atoms with Gasteiger partial charge in [0.2, 0.25) is 0 Å². The Kier molecular flexibility index (Phi) is 3.68. The Balaban J connectivity index is 2.03. The first-order valence-corrected chi connectivity index (χ1v) is 7.18. The highest BCUT2D eigenvalue weighted by Gasteiger charge is 2.41. The van der Waals surface area contributed by atoms with Gasteiger partial charge in [0, 0.05) is 0 Å². The molecular weight excluding hydrogens is 256 g/mol. The molecule has 3 rings (SSSR count). The summed E-state index contributed by atoms with van der Waals surface area (Å²) in [6.07, 6.45) is 5.44. The fourth-order valence-electron chi connectivity index (χ4n) is 3.21. The average molecular weight is 276 g/mol. The summed E-state index contributed by atoms with van der Waals surface area (Å²) in [7, 11) is 0. The highest BCUT2D eigenvalue weighted by molar-refractivity contribution is 5.31.